The molecule has 0 atom stereocenters. The first-order valence-corrected chi connectivity index (χ1v) is 8.38. The van der Waals surface area contributed by atoms with E-state index in [0.717, 1.165) is 6.07 Å². The van der Waals surface area contributed by atoms with Gasteiger partial charge in [-0.1, -0.05) is 30.3 Å². The minimum Gasteiger partial charge on any atom is -0.456 e. The van der Waals surface area contributed by atoms with Crippen molar-refractivity contribution in [2.45, 2.75) is 0 Å². The van der Waals surface area contributed by atoms with Gasteiger partial charge in [-0.25, -0.2) is 18.0 Å². The van der Waals surface area contributed by atoms with Crippen molar-refractivity contribution in [2.24, 2.45) is 0 Å². The van der Waals surface area contributed by atoms with Gasteiger partial charge in [0.15, 0.2) is 24.1 Å². The average molecular weight is 401 g/mol. The van der Waals surface area contributed by atoms with Gasteiger partial charge in [-0.05, 0) is 36.4 Å². The zero-order valence-electron chi connectivity index (χ0n) is 14.8. The van der Waals surface area contributed by atoms with Crippen LogP contribution in [0.3, 0.4) is 0 Å². The normalized spacial score (nSPS) is 10.3. The zero-order valence-corrected chi connectivity index (χ0v) is 14.8. The molecule has 3 aromatic rings. The Morgan fingerprint density at radius 1 is 0.828 bits per heavy atom. The summed E-state index contributed by atoms with van der Waals surface area (Å²) in [7, 11) is 0. The van der Waals surface area contributed by atoms with Crippen molar-refractivity contribution in [3.05, 3.63) is 89.7 Å². The number of carbonyl (C=O) groups excluding carboxylic acids is 2. The van der Waals surface area contributed by atoms with Crippen molar-refractivity contribution < 1.29 is 32.2 Å². The summed E-state index contributed by atoms with van der Waals surface area (Å²) in [5, 5.41) is 2.01. The maximum atomic E-state index is 13.6. The van der Waals surface area contributed by atoms with Crippen LogP contribution in [0, 0.1) is 17.5 Å². The van der Waals surface area contributed by atoms with E-state index in [9.17, 15) is 22.8 Å². The number of nitrogens with one attached hydrogen (secondary N) is 1. The number of esters is 1. The van der Waals surface area contributed by atoms with Crippen molar-refractivity contribution in [1.82, 2.24) is 0 Å². The second-order valence-electron chi connectivity index (χ2n) is 5.76. The molecule has 0 saturated heterocycles. The quantitative estimate of drug-likeness (QED) is 0.481. The van der Waals surface area contributed by atoms with Gasteiger partial charge in [-0.15, -0.1) is 0 Å². The number of benzene rings is 3. The maximum absolute atomic E-state index is 13.6. The molecule has 29 heavy (non-hydrogen) atoms. The molecule has 0 bridgehead atoms. The van der Waals surface area contributed by atoms with E-state index in [1.54, 1.807) is 42.5 Å². The van der Waals surface area contributed by atoms with Gasteiger partial charge >= 0.3 is 5.97 Å². The number of para-hydroxylation sites is 2. The molecule has 0 saturated carbocycles. The van der Waals surface area contributed by atoms with Gasteiger partial charge in [0.25, 0.3) is 5.91 Å². The maximum Gasteiger partial charge on any atom is 0.342 e. The van der Waals surface area contributed by atoms with Crippen LogP contribution < -0.4 is 10.1 Å². The lowest BCUT2D eigenvalue weighted by molar-refractivity contribution is -0.119. The number of hydrogen-bond donors (Lipinski definition) is 1. The monoisotopic (exact) mass is 401 g/mol. The number of halogens is 3. The highest BCUT2D eigenvalue weighted by molar-refractivity contribution is 5.96. The largest absolute Gasteiger partial charge is 0.456 e. The fraction of sp³-hybridized carbons (Fsp3) is 0.0476. The summed E-state index contributed by atoms with van der Waals surface area (Å²) < 4.78 is 50.3. The van der Waals surface area contributed by atoms with Crippen LogP contribution in [-0.4, -0.2) is 18.5 Å². The predicted octanol–water partition coefficient (Wildman–Crippen LogP) is 4.69. The van der Waals surface area contributed by atoms with E-state index in [-0.39, 0.29) is 11.3 Å². The first-order chi connectivity index (χ1) is 14.0. The van der Waals surface area contributed by atoms with Crippen molar-refractivity contribution in [2.75, 3.05) is 11.9 Å². The molecule has 0 radical (unpaired) electrons. The molecule has 8 heteroatoms. The minimum absolute atomic E-state index is 0.0724. The molecule has 0 aromatic heterocycles. The highest BCUT2D eigenvalue weighted by Gasteiger charge is 2.18. The molecule has 1 amide bonds. The molecule has 148 valence electrons. The molecule has 0 aliphatic rings. The van der Waals surface area contributed by atoms with Gasteiger partial charge in [0.05, 0.1) is 5.69 Å². The van der Waals surface area contributed by atoms with Crippen LogP contribution in [0.25, 0.3) is 0 Å². The molecule has 0 aliphatic carbocycles. The molecule has 0 fully saturated rings. The lowest BCUT2D eigenvalue weighted by Gasteiger charge is -2.11. The van der Waals surface area contributed by atoms with Crippen molar-refractivity contribution in [3.63, 3.8) is 0 Å². The molecule has 0 aliphatic heterocycles. The number of amides is 1. The van der Waals surface area contributed by atoms with Gasteiger partial charge in [0.1, 0.15) is 17.1 Å². The fourth-order valence-electron chi connectivity index (χ4n) is 2.36. The van der Waals surface area contributed by atoms with E-state index >= 15 is 0 Å². The van der Waals surface area contributed by atoms with E-state index in [4.69, 9.17) is 9.47 Å². The number of ether oxygens (including phenoxy) is 2. The van der Waals surface area contributed by atoms with Gasteiger partial charge < -0.3 is 14.8 Å². The van der Waals surface area contributed by atoms with Crippen LogP contribution in [0.5, 0.6) is 11.5 Å². The van der Waals surface area contributed by atoms with Crippen LogP contribution in [0.4, 0.5) is 18.9 Å². The Balaban J connectivity index is 1.64. The molecule has 3 rings (SSSR count). The van der Waals surface area contributed by atoms with Crippen LogP contribution in [0.1, 0.15) is 10.4 Å². The summed E-state index contributed by atoms with van der Waals surface area (Å²) in [5.74, 6) is -5.71. The Hall–Kier alpha value is -3.81. The van der Waals surface area contributed by atoms with Gasteiger partial charge in [-0.2, -0.15) is 0 Å². The molecule has 1 N–H and O–H groups in total. The van der Waals surface area contributed by atoms with Crippen LogP contribution >= 0.6 is 0 Å². The number of anilines is 1. The summed E-state index contributed by atoms with van der Waals surface area (Å²) in [4.78, 5) is 24.2. The van der Waals surface area contributed by atoms with Crippen LogP contribution in [0.15, 0.2) is 66.7 Å². The Labute approximate surface area is 163 Å². The van der Waals surface area contributed by atoms with E-state index in [0.29, 0.717) is 11.8 Å². The lowest BCUT2D eigenvalue weighted by atomic mass is 10.2. The highest BCUT2D eigenvalue weighted by Crippen LogP contribution is 2.25. The zero-order chi connectivity index (χ0) is 20.8. The van der Waals surface area contributed by atoms with Crippen molar-refractivity contribution in [1.29, 1.82) is 0 Å². The van der Waals surface area contributed by atoms with Gasteiger partial charge in [0.2, 0.25) is 0 Å². The third-order valence-corrected chi connectivity index (χ3v) is 3.72. The number of hydrogen-bond acceptors (Lipinski definition) is 4. The number of rotatable bonds is 6. The second-order valence-corrected chi connectivity index (χ2v) is 5.76. The first kappa shape index (κ1) is 19.9. The summed E-state index contributed by atoms with van der Waals surface area (Å²) in [5.41, 5.74) is -0.499. The topological polar surface area (TPSA) is 64.6 Å². The summed E-state index contributed by atoms with van der Waals surface area (Å²) in [6.07, 6.45) is 0. The molecular formula is C21H14F3NO4. The van der Waals surface area contributed by atoms with Gasteiger partial charge in [-0.3, -0.25) is 4.79 Å². The van der Waals surface area contributed by atoms with Crippen molar-refractivity contribution in [3.8, 4) is 11.5 Å². The summed E-state index contributed by atoms with van der Waals surface area (Å²) in [6, 6.07) is 16.5. The predicted molar refractivity (Wildman–Crippen MR) is 98.2 cm³/mol. The average Bonchev–Trinajstić information content (AvgIpc) is 2.73. The Kier molecular flexibility index (Phi) is 6.13. The van der Waals surface area contributed by atoms with E-state index in [2.05, 4.69) is 0 Å². The SMILES string of the molecule is O=C(COC(=O)c1ccccc1Oc1ccccc1)Nc1ccc(F)c(F)c1F. The standard InChI is InChI=1S/C21H14F3NO4/c22-15-10-11-16(20(24)19(15)23)25-18(26)12-28-21(27)14-8-4-5-9-17(14)29-13-6-2-1-3-7-13/h1-11H,12H2,(H,25,26). The van der Waals surface area contributed by atoms with E-state index in [1.807, 2.05) is 11.4 Å². The summed E-state index contributed by atoms with van der Waals surface area (Å²) >= 11 is 0. The lowest BCUT2D eigenvalue weighted by Crippen LogP contribution is -2.22. The molecule has 3 aromatic carbocycles. The molecule has 0 spiro atoms. The molecule has 0 unspecified atom stereocenters. The third-order valence-electron chi connectivity index (χ3n) is 3.72. The van der Waals surface area contributed by atoms with Crippen LogP contribution in [-0.2, 0) is 9.53 Å². The Morgan fingerprint density at radius 2 is 1.52 bits per heavy atom. The Morgan fingerprint density at radius 3 is 2.28 bits per heavy atom. The van der Waals surface area contributed by atoms with Gasteiger partial charge in [0, 0.05) is 0 Å². The Bertz CT molecular complexity index is 1040. The second kappa shape index (κ2) is 8.92. The smallest absolute Gasteiger partial charge is 0.342 e. The van der Waals surface area contributed by atoms with Crippen molar-refractivity contribution >= 4 is 17.6 Å². The molecule has 0 heterocycles. The van der Waals surface area contributed by atoms with E-state index in [1.165, 1.54) is 6.07 Å². The molecule has 5 nitrogen and oxygen atoms in total. The van der Waals surface area contributed by atoms with E-state index < -0.39 is 41.6 Å². The molecular weight excluding hydrogens is 387 g/mol. The fourth-order valence-corrected chi connectivity index (χ4v) is 2.36. The first-order valence-electron chi connectivity index (χ1n) is 8.38. The highest BCUT2D eigenvalue weighted by atomic mass is 19.2. The minimum atomic E-state index is -1.72. The summed E-state index contributed by atoms with van der Waals surface area (Å²) in [6.45, 7) is -0.767. The third kappa shape index (κ3) is 4.92. The number of carbonyl (C=O) groups is 2. The van der Waals surface area contributed by atoms with Crippen LogP contribution in [0.2, 0.25) is 0 Å².